The number of hydrogen-bond acceptors (Lipinski definition) is 2. The summed E-state index contributed by atoms with van der Waals surface area (Å²) in [6.07, 6.45) is 22.1. The van der Waals surface area contributed by atoms with Gasteiger partial charge in [-0.25, -0.2) is 0 Å². The normalized spacial score (nSPS) is 12.6. The predicted octanol–water partition coefficient (Wildman–Crippen LogP) is 6.18. The van der Waals surface area contributed by atoms with Gasteiger partial charge in [-0.1, -0.05) is 70.4 Å². The average molecular weight is 354 g/mol. The molecule has 0 saturated heterocycles. The zero-order valence-corrected chi connectivity index (χ0v) is 17.2. The SMILES string of the molecule is CCCCCCCC/C=C/CCCCCCCC(=O)N[C@H](C)COC. The maximum Gasteiger partial charge on any atom is 0.220 e. The fourth-order valence-corrected chi connectivity index (χ4v) is 2.99. The topological polar surface area (TPSA) is 38.3 Å². The van der Waals surface area contributed by atoms with Crippen LogP contribution in [0.2, 0.25) is 0 Å². The third-order valence-corrected chi connectivity index (χ3v) is 4.49. The first-order valence-electron chi connectivity index (χ1n) is 10.6. The van der Waals surface area contributed by atoms with Crippen molar-refractivity contribution >= 4 is 5.91 Å². The number of unbranched alkanes of at least 4 members (excludes halogenated alkanes) is 11. The zero-order valence-electron chi connectivity index (χ0n) is 17.2. The second kappa shape index (κ2) is 19.5. The number of amides is 1. The highest BCUT2D eigenvalue weighted by Crippen LogP contribution is 2.10. The van der Waals surface area contributed by atoms with Gasteiger partial charge in [-0.3, -0.25) is 4.79 Å². The number of hydrogen-bond donors (Lipinski definition) is 1. The van der Waals surface area contributed by atoms with Gasteiger partial charge in [-0.2, -0.15) is 0 Å². The monoisotopic (exact) mass is 353 g/mol. The first kappa shape index (κ1) is 24.2. The van der Waals surface area contributed by atoms with E-state index in [2.05, 4.69) is 24.4 Å². The lowest BCUT2D eigenvalue weighted by Crippen LogP contribution is -2.35. The molecule has 0 unspecified atom stereocenters. The summed E-state index contributed by atoms with van der Waals surface area (Å²) in [7, 11) is 1.66. The van der Waals surface area contributed by atoms with Crippen molar-refractivity contribution in [2.75, 3.05) is 13.7 Å². The fourth-order valence-electron chi connectivity index (χ4n) is 2.99. The van der Waals surface area contributed by atoms with Crippen molar-refractivity contribution in [3.63, 3.8) is 0 Å². The van der Waals surface area contributed by atoms with Crippen LogP contribution in [0.4, 0.5) is 0 Å². The maximum atomic E-state index is 11.7. The smallest absolute Gasteiger partial charge is 0.220 e. The van der Waals surface area contributed by atoms with E-state index >= 15 is 0 Å². The Morgan fingerprint density at radius 2 is 1.40 bits per heavy atom. The Labute approximate surface area is 157 Å². The van der Waals surface area contributed by atoms with Crippen LogP contribution >= 0.6 is 0 Å². The quantitative estimate of drug-likeness (QED) is 0.236. The number of allylic oxidation sites excluding steroid dienone is 2. The summed E-state index contributed by atoms with van der Waals surface area (Å²) in [5.74, 6) is 0.155. The molecule has 0 heterocycles. The predicted molar refractivity (Wildman–Crippen MR) is 109 cm³/mol. The minimum absolute atomic E-state index is 0.112. The summed E-state index contributed by atoms with van der Waals surface area (Å²) in [4.78, 5) is 11.7. The van der Waals surface area contributed by atoms with Gasteiger partial charge in [0.2, 0.25) is 5.91 Å². The summed E-state index contributed by atoms with van der Waals surface area (Å²) in [6.45, 7) is 4.82. The first-order chi connectivity index (χ1) is 12.2. The molecule has 0 rings (SSSR count). The van der Waals surface area contributed by atoms with Crippen LogP contribution in [-0.2, 0) is 9.53 Å². The summed E-state index contributed by atoms with van der Waals surface area (Å²) in [5.41, 5.74) is 0. The Kier molecular flexibility index (Phi) is 18.8. The standard InChI is InChI=1S/C22H43NO2/c1-4-5-6-7-8-9-10-11-12-13-14-15-16-17-18-19-22(24)23-21(2)20-25-3/h11-12,21H,4-10,13-20H2,1-3H3,(H,23,24)/b12-11+/t21-/m1/s1. The Balaban J connectivity index is 3.25. The Hall–Kier alpha value is -0.830. The van der Waals surface area contributed by atoms with Crippen LogP contribution < -0.4 is 5.32 Å². The first-order valence-corrected chi connectivity index (χ1v) is 10.6. The van der Waals surface area contributed by atoms with Gasteiger partial charge in [0, 0.05) is 19.6 Å². The lowest BCUT2D eigenvalue weighted by Gasteiger charge is -2.12. The Morgan fingerprint density at radius 3 is 1.96 bits per heavy atom. The third kappa shape index (κ3) is 19.3. The highest BCUT2D eigenvalue weighted by Gasteiger charge is 2.06. The molecule has 0 aromatic heterocycles. The van der Waals surface area contributed by atoms with Crippen molar-refractivity contribution in [2.24, 2.45) is 0 Å². The lowest BCUT2D eigenvalue weighted by molar-refractivity contribution is -0.122. The van der Waals surface area contributed by atoms with Gasteiger partial charge >= 0.3 is 0 Å². The van der Waals surface area contributed by atoms with Crippen molar-refractivity contribution in [3.05, 3.63) is 12.2 Å². The molecule has 25 heavy (non-hydrogen) atoms. The van der Waals surface area contributed by atoms with Crippen LogP contribution in [0.1, 0.15) is 104 Å². The second-order valence-electron chi connectivity index (χ2n) is 7.26. The van der Waals surface area contributed by atoms with E-state index in [1.54, 1.807) is 7.11 Å². The van der Waals surface area contributed by atoms with E-state index < -0.39 is 0 Å². The van der Waals surface area contributed by atoms with E-state index in [0.29, 0.717) is 13.0 Å². The molecule has 0 bridgehead atoms. The molecule has 0 aliphatic heterocycles. The van der Waals surface area contributed by atoms with E-state index in [4.69, 9.17) is 4.74 Å². The van der Waals surface area contributed by atoms with Gasteiger partial charge in [0.15, 0.2) is 0 Å². The third-order valence-electron chi connectivity index (χ3n) is 4.49. The van der Waals surface area contributed by atoms with Gasteiger partial charge < -0.3 is 10.1 Å². The molecule has 0 aromatic rings. The summed E-state index contributed by atoms with van der Waals surface area (Å²) >= 11 is 0. The molecule has 1 amide bonds. The molecule has 0 aliphatic rings. The van der Waals surface area contributed by atoms with Crippen molar-refractivity contribution in [3.8, 4) is 0 Å². The number of ether oxygens (including phenoxy) is 1. The van der Waals surface area contributed by atoms with Crippen LogP contribution in [0.15, 0.2) is 12.2 Å². The van der Waals surface area contributed by atoms with Crippen molar-refractivity contribution in [1.29, 1.82) is 0 Å². The number of nitrogens with one attached hydrogen (secondary N) is 1. The summed E-state index contributed by atoms with van der Waals surface area (Å²) in [5, 5.41) is 2.96. The average Bonchev–Trinajstić information content (AvgIpc) is 2.58. The highest BCUT2D eigenvalue weighted by molar-refractivity contribution is 5.76. The molecule has 0 saturated carbocycles. The van der Waals surface area contributed by atoms with Crippen molar-refractivity contribution in [2.45, 2.75) is 110 Å². The molecule has 0 spiro atoms. The van der Waals surface area contributed by atoms with Crippen LogP contribution in [0.5, 0.6) is 0 Å². The Bertz CT molecular complexity index is 315. The lowest BCUT2D eigenvalue weighted by atomic mass is 10.1. The van der Waals surface area contributed by atoms with E-state index in [0.717, 1.165) is 12.8 Å². The van der Waals surface area contributed by atoms with E-state index in [9.17, 15) is 4.79 Å². The molecule has 1 N–H and O–H groups in total. The molecule has 0 fully saturated rings. The minimum atomic E-state index is 0.112. The fraction of sp³-hybridized carbons (Fsp3) is 0.864. The minimum Gasteiger partial charge on any atom is -0.383 e. The molecule has 0 aliphatic carbocycles. The van der Waals surface area contributed by atoms with Crippen LogP contribution in [0, 0.1) is 0 Å². The number of rotatable bonds is 18. The van der Waals surface area contributed by atoms with Crippen LogP contribution in [0.25, 0.3) is 0 Å². The van der Waals surface area contributed by atoms with E-state index in [1.807, 2.05) is 6.92 Å². The van der Waals surface area contributed by atoms with E-state index in [1.165, 1.54) is 70.6 Å². The van der Waals surface area contributed by atoms with Gasteiger partial charge in [0.05, 0.1) is 6.61 Å². The highest BCUT2D eigenvalue weighted by atomic mass is 16.5. The summed E-state index contributed by atoms with van der Waals surface area (Å²) in [6, 6.07) is 0.112. The van der Waals surface area contributed by atoms with Crippen LogP contribution in [-0.4, -0.2) is 25.7 Å². The molecule has 1 atom stereocenters. The molecule has 148 valence electrons. The van der Waals surface area contributed by atoms with Gasteiger partial charge in [-0.05, 0) is 39.0 Å². The Morgan fingerprint density at radius 1 is 0.880 bits per heavy atom. The molecular formula is C22H43NO2. The number of carbonyl (C=O) groups is 1. The zero-order chi connectivity index (χ0) is 18.6. The number of carbonyl (C=O) groups excluding carboxylic acids is 1. The largest absolute Gasteiger partial charge is 0.383 e. The number of methoxy groups -OCH3 is 1. The van der Waals surface area contributed by atoms with Crippen LogP contribution in [0.3, 0.4) is 0 Å². The van der Waals surface area contributed by atoms with Crippen molar-refractivity contribution in [1.82, 2.24) is 5.32 Å². The summed E-state index contributed by atoms with van der Waals surface area (Å²) < 4.78 is 5.02. The molecule has 0 aromatic carbocycles. The molecule has 3 nitrogen and oxygen atoms in total. The van der Waals surface area contributed by atoms with Gasteiger partial charge in [0.25, 0.3) is 0 Å². The van der Waals surface area contributed by atoms with Gasteiger partial charge in [0.1, 0.15) is 0 Å². The second-order valence-corrected chi connectivity index (χ2v) is 7.26. The van der Waals surface area contributed by atoms with Crippen molar-refractivity contribution < 1.29 is 9.53 Å². The molecule has 3 heteroatoms. The molecular weight excluding hydrogens is 310 g/mol. The van der Waals surface area contributed by atoms with Gasteiger partial charge in [-0.15, -0.1) is 0 Å². The molecule has 0 radical (unpaired) electrons. The maximum absolute atomic E-state index is 11.7. The van der Waals surface area contributed by atoms with E-state index in [-0.39, 0.29) is 11.9 Å².